The van der Waals surface area contributed by atoms with Gasteiger partial charge in [0.25, 0.3) is 0 Å². The Morgan fingerprint density at radius 1 is 1.41 bits per heavy atom. The highest BCUT2D eigenvalue weighted by Gasteiger charge is 2.04. The Kier molecular flexibility index (Phi) is 6.09. The average Bonchev–Trinajstić information content (AvgIpc) is 3.04. The van der Waals surface area contributed by atoms with Gasteiger partial charge in [-0.1, -0.05) is 0 Å². The van der Waals surface area contributed by atoms with Gasteiger partial charge in [-0.05, 0) is 36.8 Å². The summed E-state index contributed by atoms with van der Waals surface area (Å²) in [5.74, 6) is 0.262. The molecule has 6 heteroatoms. The van der Waals surface area contributed by atoms with E-state index in [2.05, 4.69) is 4.98 Å². The summed E-state index contributed by atoms with van der Waals surface area (Å²) in [7, 11) is 1.74. The zero-order valence-electron chi connectivity index (χ0n) is 12.2. The molecule has 0 saturated carbocycles. The Morgan fingerprint density at radius 3 is 2.86 bits per heavy atom. The zero-order valence-corrected chi connectivity index (χ0v) is 13.1. The monoisotopic (exact) mass is 320 g/mol. The highest BCUT2D eigenvalue weighted by atomic mass is 32.1. The minimum Gasteiger partial charge on any atom is -0.494 e. The number of benzene rings is 1. The van der Waals surface area contributed by atoms with Crippen LogP contribution in [0.1, 0.15) is 12.1 Å². The van der Waals surface area contributed by atoms with E-state index in [0.717, 1.165) is 5.69 Å². The topological polar surface area (TPSA) is 42.4 Å². The Morgan fingerprint density at radius 2 is 2.18 bits per heavy atom. The molecule has 0 aliphatic heterocycles. The average molecular weight is 320 g/mol. The molecule has 2 rings (SSSR count). The summed E-state index contributed by atoms with van der Waals surface area (Å²) in [6.07, 6.45) is 3.91. The number of carbonyl (C=O) groups is 1. The molecule has 0 aliphatic rings. The molecule has 0 unspecified atom stereocenters. The minimum atomic E-state index is -0.287. The molecule has 1 aromatic heterocycles. The van der Waals surface area contributed by atoms with E-state index >= 15 is 0 Å². The number of likely N-dealkylation sites (N-methyl/N-ethyl adjacent to an activating group) is 1. The van der Waals surface area contributed by atoms with Gasteiger partial charge in [0, 0.05) is 25.0 Å². The van der Waals surface area contributed by atoms with Crippen LogP contribution in [-0.2, 0) is 4.79 Å². The number of halogens is 1. The van der Waals surface area contributed by atoms with Crippen molar-refractivity contribution in [2.45, 2.75) is 6.42 Å². The second-order valence-corrected chi connectivity index (χ2v) is 5.38. The van der Waals surface area contributed by atoms with Crippen LogP contribution < -0.4 is 4.74 Å². The quantitative estimate of drug-likeness (QED) is 0.581. The number of ether oxygens (including phenoxy) is 1. The molecule has 0 atom stereocenters. The van der Waals surface area contributed by atoms with E-state index in [-0.39, 0.29) is 11.7 Å². The number of hydrogen-bond donors (Lipinski definition) is 0. The molecule has 0 radical (unpaired) electrons. The fraction of sp³-hybridized carbons (Fsp3) is 0.250. The van der Waals surface area contributed by atoms with Gasteiger partial charge in [0.05, 0.1) is 17.8 Å². The fourth-order valence-electron chi connectivity index (χ4n) is 1.72. The molecule has 0 N–H and O–H groups in total. The molecule has 1 heterocycles. The first-order chi connectivity index (χ1) is 10.6. The lowest BCUT2D eigenvalue weighted by atomic mass is 10.3. The molecule has 0 aliphatic carbocycles. The SMILES string of the molecule is CN(CCCOc1ccc(F)cc1)C(=O)C=Cc1cscn1. The summed E-state index contributed by atoms with van der Waals surface area (Å²) in [5, 5.41) is 1.88. The van der Waals surface area contributed by atoms with E-state index < -0.39 is 0 Å². The van der Waals surface area contributed by atoms with Gasteiger partial charge in [-0.2, -0.15) is 0 Å². The van der Waals surface area contributed by atoms with Crippen molar-refractivity contribution < 1.29 is 13.9 Å². The summed E-state index contributed by atoms with van der Waals surface area (Å²) >= 11 is 1.49. The third-order valence-corrected chi connectivity index (χ3v) is 3.55. The molecule has 0 bridgehead atoms. The standard InChI is InChI=1S/C16H17FN2O2S/c1-19(16(20)8-5-14-11-22-12-18-14)9-2-10-21-15-6-3-13(17)4-7-15/h3-8,11-12H,2,9-10H2,1H3. The van der Waals surface area contributed by atoms with Crippen LogP contribution in [0.5, 0.6) is 5.75 Å². The number of rotatable bonds is 7. The maximum atomic E-state index is 12.7. The lowest BCUT2D eigenvalue weighted by Gasteiger charge is -2.15. The molecule has 0 spiro atoms. The summed E-state index contributed by atoms with van der Waals surface area (Å²) in [5.41, 5.74) is 2.51. The number of aromatic nitrogens is 1. The van der Waals surface area contributed by atoms with Crippen LogP contribution in [0, 0.1) is 5.82 Å². The van der Waals surface area contributed by atoms with Crippen LogP contribution in [0.2, 0.25) is 0 Å². The molecular formula is C16H17FN2O2S. The van der Waals surface area contributed by atoms with Crippen molar-refractivity contribution >= 4 is 23.3 Å². The van der Waals surface area contributed by atoms with Crippen molar-refractivity contribution in [1.29, 1.82) is 0 Å². The summed E-state index contributed by atoms with van der Waals surface area (Å²) in [4.78, 5) is 17.6. The number of nitrogens with zero attached hydrogens (tertiary/aromatic N) is 2. The van der Waals surface area contributed by atoms with Gasteiger partial charge in [-0.25, -0.2) is 9.37 Å². The van der Waals surface area contributed by atoms with Crippen LogP contribution in [-0.4, -0.2) is 36.0 Å². The van der Waals surface area contributed by atoms with Gasteiger partial charge in [-0.15, -0.1) is 11.3 Å². The van der Waals surface area contributed by atoms with Gasteiger partial charge in [0.15, 0.2) is 0 Å². The lowest BCUT2D eigenvalue weighted by Crippen LogP contribution is -2.26. The first-order valence-corrected chi connectivity index (χ1v) is 7.79. The molecular weight excluding hydrogens is 303 g/mol. The Hall–Kier alpha value is -2.21. The van der Waals surface area contributed by atoms with Gasteiger partial charge in [0.2, 0.25) is 5.91 Å². The smallest absolute Gasteiger partial charge is 0.246 e. The highest BCUT2D eigenvalue weighted by Crippen LogP contribution is 2.11. The number of thiazole rings is 1. The largest absolute Gasteiger partial charge is 0.494 e. The maximum Gasteiger partial charge on any atom is 0.246 e. The molecule has 1 amide bonds. The lowest BCUT2D eigenvalue weighted by molar-refractivity contribution is -0.124. The zero-order chi connectivity index (χ0) is 15.8. The van der Waals surface area contributed by atoms with Gasteiger partial charge >= 0.3 is 0 Å². The van der Waals surface area contributed by atoms with E-state index in [1.807, 2.05) is 5.38 Å². The molecule has 0 fully saturated rings. The van der Waals surface area contributed by atoms with E-state index in [1.165, 1.54) is 29.5 Å². The van der Waals surface area contributed by atoms with Crippen molar-refractivity contribution in [3.63, 3.8) is 0 Å². The van der Waals surface area contributed by atoms with Crippen LogP contribution in [0.3, 0.4) is 0 Å². The first kappa shape index (κ1) is 16.2. The van der Waals surface area contributed by atoms with Crippen LogP contribution in [0.25, 0.3) is 6.08 Å². The highest BCUT2D eigenvalue weighted by molar-refractivity contribution is 7.07. The Labute approximate surface area is 132 Å². The van der Waals surface area contributed by atoms with Crippen molar-refractivity contribution in [2.75, 3.05) is 20.2 Å². The van der Waals surface area contributed by atoms with Gasteiger partial charge in [0.1, 0.15) is 11.6 Å². The van der Waals surface area contributed by atoms with E-state index in [9.17, 15) is 9.18 Å². The summed E-state index contributed by atoms with van der Waals surface area (Å²) in [6.45, 7) is 1.06. The van der Waals surface area contributed by atoms with Crippen LogP contribution in [0.4, 0.5) is 4.39 Å². The number of hydrogen-bond acceptors (Lipinski definition) is 4. The van der Waals surface area contributed by atoms with Gasteiger partial charge < -0.3 is 9.64 Å². The normalized spacial score (nSPS) is 10.8. The third-order valence-electron chi connectivity index (χ3n) is 2.94. The predicted octanol–water partition coefficient (Wildman–Crippen LogP) is 3.22. The number of carbonyl (C=O) groups excluding carboxylic acids is 1. The van der Waals surface area contributed by atoms with E-state index in [0.29, 0.717) is 25.3 Å². The fourth-order valence-corrected chi connectivity index (χ4v) is 2.24. The van der Waals surface area contributed by atoms with E-state index in [4.69, 9.17) is 4.74 Å². The molecule has 2 aromatic rings. The van der Waals surface area contributed by atoms with Crippen molar-refractivity contribution in [3.8, 4) is 5.75 Å². The Bertz CT molecular complexity index is 612. The minimum absolute atomic E-state index is 0.0743. The second kappa shape index (κ2) is 8.29. The predicted molar refractivity (Wildman–Crippen MR) is 85.3 cm³/mol. The molecule has 22 heavy (non-hydrogen) atoms. The van der Waals surface area contributed by atoms with Crippen molar-refractivity contribution in [2.24, 2.45) is 0 Å². The van der Waals surface area contributed by atoms with E-state index in [1.54, 1.807) is 35.7 Å². The summed E-state index contributed by atoms with van der Waals surface area (Å²) < 4.78 is 18.2. The van der Waals surface area contributed by atoms with Gasteiger partial charge in [-0.3, -0.25) is 4.79 Å². The van der Waals surface area contributed by atoms with Crippen LogP contribution in [0.15, 0.2) is 41.2 Å². The Balaban J connectivity index is 1.67. The second-order valence-electron chi connectivity index (χ2n) is 4.66. The first-order valence-electron chi connectivity index (χ1n) is 6.85. The molecule has 1 aromatic carbocycles. The van der Waals surface area contributed by atoms with Crippen LogP contribution >= 0.6 is 11.3 Å². The van der Waals surface area contributed by atoms with Crippen molar-refractivity contribution in [3.05, 3.63) is 52.7 Å². The third kappa shape index (κ3) is 5.29. The molecule has 0 saturated heterocycles. The maximum absolute atomic E-state index is 12.7. The molecule has 116 valence electrons. The number of amides is 1. The summed E-state index contributed by atoms with van der Waals surface area (Å²) in [6, 6.07) is 5.88. The van der Waals surface area contributed by atoms with Crippen molar-refractivity contribution in [1.82, 2.24) is 9.88 Å². The molecule has 4 nitrogen and oxygen atoms in total.